The van der Waals surface area contributed by atoms with Crippen LogP contribution in [0, 0.1) is 5.82 Å². The molecule has 0 amide bonds. The summed E-state index contributed by atoms with van der Waals surface area (Å²) in [7, 11) is 1.41. The third-order valence-electron chi connectivity index (χ3n) is 2.96. The Kier molecular flexibility index (Phi) is 4.82. The molecule has 0 fully saturated rings. The van der Waals surface area contributed by atoms with Gasteiger partial charge in [-0.3, -0.25) is 0 Å². The zero-order chi connectivity index (χ0) is 14.5. The summed E-state index contributed by atoms with van der Waals surface area (Å²) in [5, 5.41) is 13.1. The SMILES string of the molecule is COc1ccc(C(CO)Nc2ccccc2Cl)cc1F. The van der Waals surface area contributed by atoms with Crippen molar-refractivity contribution >= 4 is 17.3 Å². The molecule has 3 nitrogen and oxygen atoms in total. The average molecular weight is 296 g/mol. The Hall–Kier alpha value is -1.78. The molecule has 0 heterocycles. The maximum absolute atomic E-state index is 13.7. The first-order valence-electron chi connectivity index (χ1n) is 6.11. The van der Waals surface area contributed by atoms with Crippen molar-refractivity contribution in [3.8, 4) is 5.75 Å². The zero-order valence-electron chi connectivity index (χ0n) is 10.9. The molecule has 2 aromatic carbocycles. The number of anilines is 1. The van der Waals surface area contributed by atoms with Gasteiger partial charge in [-0.25, -0.2) is 4.39 Å². The van der Waals surface area contributed by atoms with Crippen molar-refractivity contribution in [3.63, 3.8) is 0 Å². The van der Waals surface area contributed by atoms with Crippen LogP contribution in [0.15, 0.2) is 42.5 Å². The minimum atomic E-state index is -0.468. The van der Waals surface area contributed by atoms with Crippen LogP contribution in [0.5, 0.6) is 5.75 Å². The summed E-state index contributed by atoms with van der Waals surface area (Å²) >= 11 is 6.05. The Balaban J connectivity index is 2.24. The van der Waals surface area contributed by atoms with Crippen LogP contribution in [-0.2, 0) is 0 Å². The van der Waals surface area contributed by atoms with Crippen LogP contribution >= 0.6 is 11.6 Å². The largest absolute Gasteiger partial charge is 0.494 e. The van der Waals surface area contributed by atoms with Gasteiger partial charge in [0, 0.05) is 0 Å². The molecule has 0 radical (unpaired) electrons. The highest BCUT2D eigenvalue weighted by molar-refractivity contribution is 6.33. The Morgan fingerprint density at radius 1 is 1.30 bits per heavy atom. The fourth-order valence-electron chi connectivity index (χ4n) is 1.90. The number of nitrogens with one attached hydrogen (secondary N) is 1. The Morgan fingerprint density at radius 3 is 2.65 bits per heavy atom. The summed E-state index contributed by atoms with van der Waals surface area (Å²) in [6.45, 7) is -0.184. The standard InChI is InChI=1S/C15H15ClFNO2/c1-20-15-7-6-10(8-12(15)17)14(9-19)18-13-5-3-2-4-11(13)16/h2-8,14,18-19H,9H2,1H3. The molecule has 2 rings (SSSR count). The van der Waals surface area contributed by atoms with Crippen molar-refractivity contribution in [2.24, 2.45) is 0 Å². The zero-order valence-corrected chi connectivity index (χ0v) is 11.7. The molecular formula is C15H15ClFNO2. The molecule has 106 valence electrons. The monoisotopic (exact) mass is 295 g/mol. The van der Waals surface area contributed by atoms with Crippen LogP contribution in [0.4, 0.5) is 10.1 Å². The highest BCUT2D eigenvalue weighted by atomic mass is 35.5. The molecule has 1 unspecified atom stereocenters. The topological polar surface area (TPSA) is 41.5 Å². The number of aliphatic hydroxyl groups excluding tert-OH is 1. The summed E-state index contributed by atoms with van der Waals surface area (Å²) in [5.41, 5.74) is 1.30. The number of aliphatic hydroxyl groups is 1. The molecule has 2 aromatic rings. The fourth-order valence-corrected chi connectivity index (χ4v) is 2.09. The molecule has 0 aliphatic heterocycles. The van der Waals surface area contributed by atoms with E-state index in [0.717, 1.165) is 0 Å². The maximum atomic E-state index is 13.7. The van der Waals surface area contributed by atoms with Gasteiger partial charge in [0.25, 0.3) is 0 Å². The van der Waals surface area contributed by atoms with Crippen molar-refractivity contribution in [1.82, 2.24) is 0 Å². The molecule has 0 aromatic heterocycles. The van der Waals surface area contributed by atoms with Gasteiger partial charge in [-0.1, -0.05) is 29.8 Å². The van der Waals surface area contributed by atoms with Crippen molar-refractivity contribution in [2.75, 3.05) is 19.0 Å². The van der Waals surface area contributed by atoms with E-state index in [-0.39, 0.29) is 12.4 Å². The highest BCUT2D eigenvalue weighted by Crippen LogP contribution is 2.27. The number of methoxy groups -OCH3 is 1. The molecular weight excluding hydrogens is 281 g/mol. The highest BCUT2D eigenvalue weighted by Gasteiger charge is 2.14. The molecule has 0 bridgehead atoms. The van der Waals surface area contributed by atoms with Crippen LogP contribution in [0.2, 0.25) is 5.02 Å². The van der Waals surface area contributed by atoms with Gasteiger partial charge in [0.1, 0.15) is 0 Å². The Morgan fingerprint density at radius 2 is 2.05 bits per heavy atom. The predicted octanol–water partition coefficient (Wildman–Crippen LogP) is 3.63. The third-order valence-corrected chi connectivity index (χ3v) is 3.29. The number of halogens is 2. The summed E-state index contributed by atoms with van der Waals surface area (Å²) in [6.07, 6.45) is 0. The second-order valence-electron chi connectivity index (χ2n) is 4.25. The van der Waals surface area contributed by atoms with Gasteiger partial charge in [0.05, 0.1) is 30.5 Å². The van der Waals surface area contributed by atoms with E-state index in [9.17, 15) is 9.50 Å². The smallest absolute Gasteiger partial charge is 0.165 e. The Labute approximate surface area is 122 Å². The molecule has 1 atom stereocenters. The maximum Gasteiger partial charge on any atom is 0.165 e. The number of hydrogen-bond acceptors (Lipinski definition) is 3. The lowest BCUT2D eigenvalue weighted by Crippen LogP contribution is -2.15. The quantitative estimate of drug-likeness (QED) is 0.885. The molecule has 0 saturated carbocycles. The second-order valence-corrected chi connectivity index (χ2v) is 4.66. The van der Waals surface area contributed by atoms with E-state index in [4.69, 9.17) is 16.3 Å². The van der Waals surface area contributed by atoms with Crippen LogP contribution in [0.3, 0.4) is 0 Å². The van der Waals surface area contributed by atoms with Crippen molar-refractivity contribution in [2.45, 2.75) is 6.04 Å². The van der Waals surface area contributed by atoms with Crippen LogP contribution in [0.25, 0.3) is 0 Å². The van der Waals surface area contributed by atoms with E-state index in [2.05, 4.69) is 5.32 Å². The molecule has 5 heteroatoms. The molecule has 2 N–H and O–H groups in total. The molecule has 0 saturated heterocycles. The first kappa shape index (κ1) is 14.6. The summed E-state index contributed by atoms with van der Waals surface area (Å²) in [4.78, 5) is 0. The van der Waals surface area contributed by atoms with Crippen LogP contribution in [0.1, 0.15) is 11.6 Å². The van der Waals surface area contributed by atoms with E-state index in [1.165, 1.54) is 19.2 Å². The number of ether oxygens (including phenoxy) is 1. The van der Waals surface area contributed by atoms with Gasteiger partial charge in [-0.2, -0.15) is 0 Å². The first-order chi connectivity index (χ1) is 9.65. The third kappa shape index (κ3) is 3.21. The van der Waals surface area contributed by atoms with Crippen molar-refractivity contribution in [3.05, 3.63) is 58.9 Å². The van der Waals surface area contributed by atoms with Crippen LogP contribution in [-0.4, -0.2) is 18.8 Å². The van der Waals surface area contributed by atoms with Gasteiger partial charge in [0.15, 0.2) is 11.6 Å². The van der Waals surface area contributed by atoms with Crippen LogP contribution < -0.4 is 10.1 Å². The van der Waals surface area contributed by atoms with Gasteiger partial charge in [-0.15, -0.1) is 0 Å². The molecule has 0 spiro atoms. The number of rotatable bonds is 5. The van der Waals surface area contributed by atoms with E-state index >= 15 is 0 Å². The lowest BCUT2D eigenvalue weighted by molar-refractivity contribution is 0.276. The van der Waals surface area contributed by atoms with Gasteiger partial charge in [0.2, 0.25) is 0 Å². The second kappa shape index (κ2) is 6.59. The lowest BCUT2D eigenvalue weighted by Gasteiger charge is -2.19. The number of benzene rings is 2. The van der Waals surface area contributed by atoms with E-state index < -0.39 is 11.9 Å². The molecule has 20 heavy (non-hydrogen) atoms. The summed E-state index contributed by atoms with van der Waals surface area (Å²) in [6, 6.07) is 11.3. The summed E-state index contributed by atoms with van der Waals surface area (Å²) in [5.74, 6) is -0.299. The van der Waals surface area contributed by atoms with Crippen molar-refractivity contribution < 1.29 is 14.2 Å². The summed E-state index contributed by atoms with van der Waals surface area (Å²) < 4.78 is 18.6. The lowest BCUT2D eigenvalue weighted by atomic mass is 10.1. The molecule has 0 aliphatic carbocycles. The predicted molar refractivity (Wildman–Crippen MR) is 77.9 cm³/mol. The normalized spacial score (nSPS) is 12.0. The van der Waals surface area contributed by atoms with Gasteiger partial charge in [-0.05, 0) is 29.8 Å². The van der Waals surface area contributed by atoms with E-state index in [0.29, 0.717) is 16.3 Å². The van der Waals surface area contributed by atoms with Gasteiger partial charge >= 0.3 is 0 Å². The van der Waals surface area contributed by atoms with E-state index in [1.807, 2.05) is 12.1 Å². The fraction of sp³-hybridized carbons (Fsp3) is 0.200. The van der Waals surface area contributed by atoms with E-state index in [1.54, 1.807) is 18.2 Å². The first-order valence-corrected chi connectivity index (χ1v) is 6.49. The minimum absolute atomic E-state index is 0.170. The minimum Gasteiger partial charge on any atom is -0.494 e. The number of hydrogen-bond donors (Lipinski definition) is 2. The van der Waals surface area contributed by atoms with Gasteiger partial charge < -0.3 is 15.2 Å². The molecule has 0 aliphatic rings. The van der Waals surface area contributed by atoms with Crippen molar-refractivity contribution in [1.29, 1.82) is 0 Å². The number of para-hydroxylation sites is 1. The Bertz CT molecular complexity index is 592. The average Bonchev–Trinajstić information content (AvgIpc) is 2.46.